The molecule has 23 heavy (non-hydrogen) atoms. The first-order valence-corrected chi connectivity index (χ1v) is 9.82. The second-order valence-electron chi connectivity index (χ2n) is 6.30. The maximum atomic E-state index is 13.4. The maximum Gasteiger partial charge on any atom is 0.244 e. The fraction of sp³-hybridized carbons (Fsp3) is 0.412. The Morgan fingerprint density at radius 1 is 1.00 bits per heavy atom. The van der Waals surface area contributed by atoms with Gasteiger partial charge < -0.3 is 5.32 Å². The van der Waals surface area contributed by atoms with E-state index in [2.05, 4.69) is 5.32 Å². The molecule has 1 N–H and O–H groups in total. The second kappa shape index (κ2) is 5.74. The number of halogens is 1. The molecule has 2 bridgehead atoms. The van der Waals surface area contributed by atoms with Gasteiger partial charge in [0.1, 0.15) is 0 Å². The summed E-state index contributed by atoms with van der Waals surface area (Å²) in [5.74, 6) is 0. The van der Waals surface area contributed by atoms with Crippen molar-refractivity contribution in [1.29, 1.82) is 0 Å². The van der Waals surface area contributed by atoms with E-state index < -0.39 is 10.0 Å². The molecule has 2 fully saturated rings. The van der Waals surface area contributed by atoms with Gasteiger partial charge in [-0.1, -0.05) is 35.9 Å². The van der Waals surface area contributed by atoms with E-state index in [-0.39, 0.29) is 12.1 Å². The standard InChI is InChI=1S/C17H19ClN2O2S/c18-16-7-8-17(15-4-2-1-3-14(15)16)23(21,22)20-12-5-6-13(20)11-19-10-9-12/h1-4,7-8,12-13,19H,5-6,9-11H2. The molecule has 2 atom stereocenters. The summed E-state index contributed by atoms with van der Waals surface area (Å²) in [4.78, 5) is 0.372. The lowest BCUT2D eigenvalue weighted by Gasteiger charge is -2.27. The highest BCUT2D eigenvalue weighted by molar-refractivity contribution is 7.89. The summed E-state index contributed by atoms with van der Waals surface area (Å²) in [6.07, 6.45) is 2.76. The molecule has 2 aliphatic rings. The van der Waals surface area contributed by atoms with E-state index in [0.29, 0.717) is 15.3 Å². The van der Waals surface area contributed by atoms with E-state index in [1.165, 1.54) is 0 Å². The van der Waals surface area contributed by atoms with Gasteiger partial charge in [-0.25, -0.2) is 8.42 Å². The molecule has 2 saturated heterocycles. The first kappa shape index (κ1) is 15.4. The number of nitrogens with one attached hydrogen (secondary N) is 1. The Hall–Kier alpha value is -1.14. The zero-order valence-corrected chi connectivity index (χ0v) is 14.3. The number of hydrogen-bond acceptors (Lipinski definition) is 3. The Balaban J connectivity index is 1.88. The highest BCUT2D eigenvalue weighted by Gasteiger charge is 2.43. The first-order chi connectivity index (χ1) is 11.1. The smallest absolute Gasteiger partial charge is 0.244 e. The van der Waals surface area contributed by atoms with Gasteiger partial charge in [0.15, 0.2) is 0 Å². The maximum absolute atomic E-state index is 13.4. The highest BCUT2D eigenvalue weighted by Crippen LogP contribution is 2.37. The van der Waals surface area contributed by atoms with Crippen LogP contribution >= 0.6 is 11.6 Å². The summed E-state index contributed by atoms with van der Waals surface area (Å²) in [5.41, 5.74) is 0. The number of sulfonamides is 1. The van der Waals surface area contributed by atoms with Gasteiger partial charge in [-0.3, -0.25) is 0 Å². The molecule has 122 valence electrons. The minimum atomic E-state index is -3.53. The fourth-order valence-corrected chi connectivity index (χ4v) is 6.23. The number of hydrogen-bond donors (Lipinski definition) is 1. The lowest BCUT2D eigenvalue weighted by atomic mass is 10.1. The minimum Gasteiger partial charge on any atom is -0.315 e. The van der Waals surface area contributed by atoms with E-state index in [1.54, 1.807) is 16.4 Å². The van der Waals surface area contributed by atoms with Crippen molar-refractivity contribution in [3.8, 4) is 0 Å². The van der Waals surface area contributed by atoms with E-state index in [9.17, 15) is 8.42 Å². The van der Waals surface area contributed by atoms with Gasteiger partial charge in [0.2, 0.25) is 10.0 Å². The molecule has 2 aliphatic heterocycles. The molecular weight excluding hydrogens is 332 g/mol. The molecule has 4 rings (SSSR count). The quantitative estimate of drug-likeness (QED) is 0.905. The van der Waals surface area contributed by atoms with Crippen LogP contribution in [-0.2, 0) is 10.0 Å². The molecule has 2 heterocycles. The van der Waals surface area contributed by atoms with Crippen molar-refractivity contribution in [3.05, 3.63) is 41.4 Å². The van der Waals surface area contributed by atoms with Crippen LogP contribution in [0.25, 0.3) is 10.8 Å². The fourth-order valence-electron chi connectivity index (χ4n) is 3.90. The van der Waals surface area contributed by atoms with E-state index in [1.807, 2.05) is 24.3 Å². The predicted octanol–water partition coefficient (Wildman–Crippen LogP) is 3.01. The van der Waals surface area contributed by atoms with Crippen molar-refractivity contribution in [2.24, 2.45) is 0 Å². The van der Waals surface area contributed by atoms with Crippen LogP contribution in [0.5, 0.6) is 0 Å². The van der Waals surface area contributed by atoms with Crippen molar-refractivity contribution in [1.82, 2.24) is 9.62 Å². The topological polar surface area (TPSA) is 49.4 Å². The van der Waals surface area contributed by atoms with E-state index >= 15 is 0 Å². The summed E-state index contributed by atoms with van der Waals surface area (Å²) in [7, 11) is -3.53. The van der Waals surface area contributed by atoms with E-state index in [0.717, 1.165) is 37.7 Å². The van der Waals surface area contributed by atoms with Gasteiger partial charge >= 0.3 is 0 Å². The highest BCUT2D eigenvalue weighted by atomic mass is 35.5. The molecule has 2 unspecified atom stereocenters. The zero-order chi connectivity index (χ0) is 16.0. The van der Waals surface area contributed by atoms with Gasteiger partial charge in [-0.2, -0.15) is 4.31 Å². The molecule has 0 spiro atoms. The molecule has 2 aromatic carbocycles. The van der Waals surface area contributed by atoms with Crippen LogP contribution in [0, 0.1) is 0 Å². The monoisotopic (exact) mass is 350 g/mol. The molecule has 0 radical (unpaired) electrons. The third kappa shape index (κ3) is 2.47. The molecule has 0 aliphatic carbocycles. The minimum absolute atomic E-state index is 0.0574. The van der Waals surface area contributed by atoms with Crippen LogP contribution in [0.15, 0.2) is 41.3 Å². The van der Waals surface area contributed by atoms with E-state index in [4.69, 9.17) is 11.6 Å². The molecular formula is C17H19ClN2O2S. The van der Waals surface area contributed by atoms with Gasteiger partial charge in [-0.05, 0) is 37.9 Å². The molecule has 0 amide bonds. The Kier molecular flexibility index (Phi) is 3.84. The van der Waals surface area contributed by atoms with Crippen molar-refractivity contribution in [2.75, 3.05) is 13.1 Å². The van der Waals surface area contributed by atoms with Crippen LogP contribution in [0.3, 0.4) is 0 Å². The Morgan fingerprint density at radius 2 is 1.74 bits per heavy atom. The average molecular weight is 351 g/mol. The van der Waals surface area contributed by atoms with Gasteiger partial charge in [0, 0.05) is 34.4 Å². The molecule has 4 nitrogen and oxygen atoms in total. The Bertz CT molecular complexity index is 839. The largest absolute Gasteiger partial charge is 0.315 e. The van der Waals surface area contributed by atoms with Crippen LogP contribution in [0.1, 0.15) is 19.3 Å². The predicted molar refractivity (Wildman–Crippen MR) is 92.3 cm³/mol. The summed E-state index contributed by atoms with van der Waals surface area (Å²) in [5, 5.41) is 5.43. The summed E-state index contributed by atoms with van der Waals surface area (Å²) >= 11 is 6.24. The number of nitrogens with zero attached hydrogens (tertiary/aromatic N) is 1. The summed E-state index contributed by atoms with van der Waals surface area (Å²) in [6.45, 7) is 1.62. The third-order valence-electron chi connectivity index (χ3n) is 4.97. The molecule has 0 aromatic heterocycles. The SMILES string of the molecule is O=S(=O)(c1ccc(Cl)c2ccccc12)N1C2CCNCC1CC2. The number of rotatable bonds is 2. The number of fused-ring (bicyclic) bond motifs is 3. The Morgan fingerprint density at radius 3 is 2.57 bits per heavy atom. The average Bonchev–Trinajstić information content (AvgIpc) is 2.81. The first-order valence-electron chi connectivity index (χ1n) is 8.00. The summed E-state index contributed by atoms with van der Waals surface area (Å²) in [6, 6.07) is 10.9. The van der Waals surface area contributed by atoms with Crippen LogP contribution < -0.4 is 5.32 Å². The lowest BCUT2D eigenvalue weighted by Crippen LogP contribution is -2.42. The third-order valence-corrected chi connectivity index (χ3v) is 7.37. The van der Waals surface area contributed by atoms with Gasteiger partial charge in [0.25, 0.3) is 0 Å². The van der Waals surface area contributed by atoms with Gasteiger partial charge in [0.05, 0.1) is 4.90 Å². The zero-order valence-electron chi connectivity index (χ0n) is 12.7. The number of benzene rings is 2. The van der Waals surface area contributed by atoms with Crippen molar-refractivity contribution < 1.29 is 8.42 Å². The van der Waals surface area contributed by atoms with Crippen molar-refractivity contribution >= 4 is 32.4 Å². The molecule has 6 heteroatoms. The van der Waals surface area contributed by atoms with Gasteiger partial charge in [-0.15, -0.1) is 0 Å². The molecule has 0 saturated carbocycles. The van der Waals surface area contributed by atoms with Crippen molar-refractivity contribution in [2.45, 2.75) is 36.2 Å². The Labute approximate surface area is 141 Å². The lowest BCUT2D eigenvalue weighted by molar-refractivity contribution is 0.335. The second-order valence-corrected chi connectivity index (χ2v) is 8.52. The molecule has 2 aromatic rings. The van der Waals surface area contributed by atoms with Crippen molar-refractivity contribution in [3.63, 3.8) is 0 Å². The summed E-state index contributed by atoms with van der Waals surface area (Å²) < 4.78 is 28.5. The van der Waals surface area contributed by atoms with Crippen LogP contribution in [-0.4, -0.2) is 37.9 Å². The normalized spacial score (nSPS) is 25.6. The van der Waals surface area contributed by atoms with Crippen LogP contribution in [0.2, 0.25) is 5.02 Å². The van der Waals surface area contributed by atoms with Crippen LogP contribution in [0.4, 0.5) is 0 Å².